The van der Waals surface area contributed by atoms with Gasteiger partial charge in [0.15, 0.2) is 24.6 Å². The van der Waals surface area contributed by atoms with Gasteiger partial charge in [-0.05, 0) is 12.8 Å². The van der Waals surface area contributed by atoms with Gasteiger partial charge in [-0.2, -0.15) is 0 Å². The number of terminal acetylenes is 1. The van der Waals surface area contributed by atoms with Crippen LogP contribution in [0.25, 0.3) is 0 Å². The van der Waals surface area contributed by atoms with Crippen LogP contribution in [0.1, 0.15) is 33.6 Å². The quantitative estimate of drug-likeness (QED) is 0.167. The van der Waals surface area contributed by atoms with Crippen molar-refractivity contribution in [3.05, 3.63) is 0 Å². The first kappa shape index (κ1) is 25.8. The fourth-order valence-electron chi connectivity index (χ4n) is 3.03. The zero-order chi connectivity index (χ0) is 22.9. The molecule has 0 spiro atoms. The molecule has 1 aliphatic heterocycles. The van der Waals surface area contributed by atoms with Crippen molar-refractivity contribution < 1.29 is 47.7 Å². The molecule has 1 saturated heterocycles. The number of quaternary nitrogens is 1. The van der Waals surface area contributed by atoms with Gasteiger partial charge in [0, 0.05) is 20.3 Å². The normalized spacial score (nSPS) is 25.0. The fourth-order valence-corrected chi connectivity index (χ4v) is 3.03. The molecule has 0 radical (unpaired) electrons. The third-order valence-corrected chi connectivity index (χ3v) is 4.27. The molecule has 30 heavy (non-hydrogen) atoms. The molecule has 2 unspecified atom stereocenters. The van der Waals surface area contributed by atoms with Gasteiger partial charge < -0.3 is 33.3 Å². The van der Waals surface area contributed by atoms with Crippen LogP contribution in [0.5, 0.6) is 0 Å². The van der Waals surface area contributed by atoms with Crippen molar-refractivity contribution in [2.24, 2.45) is 0 Å². The summed E-state index contributed by atoms with van der Waals surface area (Å²) in [4.78, 5) is 35.2. The molecule has 5 atom stereocenters. The molecule has 0 amide bonds. The highest BCUT2D eigenvalue weighted by Gasteiger charge is 2.48. The number of aliphatic hydroxyl groups excluding tert-OH is 1. The van der Waals surface area contributed by atoms with E-state index in [9.17, 15) is 19.5 Å². The van der Waals surface area contributed by atoms with Crippen molar-refractivity contribution in [1.29, 1.82) is 0 Å². The molecule has 1 N–H and O–H groups in total. The summed E-state index contributed by atoms with van der Waals surface area (Å²) >= 11 is 0. The predicted molar refractivity (Wildman–Crippen MR) is 103 cm³/mol. The highest BCUT2D eigenvalue weighted by Crippen LogP contribution is 2.26. The molecule has 10 nitrogen and oxygen atoms in total. The summed E-state index contributed by atoms with van der Waals surface area (Å²) in [6.07, 6.45) is 0.151. The first-order valence-corrected chi connectivity index (χ1v) is 9.69. The summed E-state index contributed by atoms with van der Waals surface area (Å²) in [5, 5.41) is 9.67. The van der Waals surface area contributed by atoms with Crippen LogP contribution >= 0.6 is 0 Å². The van der Waals surface area contributed by atoms with Crippen molar-refractivity contribution >= 4 is 17.9 Å². The van der Waals surface area contributed by atoms with Gasteiger partial charge in [0.05, 0.1) is 33.7 Å². The van der Waals surface area contributed by atoms with Gasteiger partial charge in [-0.25, -0.2) is 0 Å². The minimum Gasteiger partial charge on any atom is -0.456 e. The standard InChI is InChI=1S/C20H32NO9/c1-7-10-21(5,6)11-8-9-17(25)30-20-19(29-15(4)24)18(28-14(3)23)16(12-26-20)27-13(2)22/h1,15-16,18-20,24H,8-12H2,2-6H3/q+1/t15?,16-,18-,19+,20?/m0/s1. The van der Waals surface area contributed by atoms with E-state index in [1.54, 1.807) is 0 Å². The van der Waals surface area contributed by atoms with E-state index >= 15 is 0 Å². The van der Waals surface area contributed by atoms with E-state index in [1.807, 2.05) is 14.1 Å². The number of aliphatic hydroxyl groups is 1. The molecule has 1 heterocycles. The average Bonchev–Trinajstić information content (AvgIpc) is 2.58. The topological polar surface area (TPSA) is 118 Å². The van der Waals surface area contributed by atoms with Crippen LogP contribution in [0, 0.1) is 12.3 Å². The smallest absolute Gasteiger partial charge is 0.308 e. The van der Waals surface area contributed by atoms with Crippen molar-refractivity contribution in [2.75, 3.05) is 33.8 Å². The van der Waals surface area contributed by atoms with Crippen molar-refractivity contribution in [3.63, 3.8) is 0 Å². The van der Waals surface area contributed by atoms with Gasteiger partial charge in [0.1, 0.15) is 6.54 Å². The van der Waals surface area contributed by atoms with E-state index < -0.39 is 48.8 Å². The van der Waals surface area contributed by atoms with E-state index in [-0.39, 0.29) is 13.0 Å². The van der Waals surface area contributed by atoms with Crippen LogP contribution < -0.4 is 0 Å². The third-order valence-electron chi connectivity index (χ3n) is 4.27. The summed E-state index contributed by atoms with van der Waals surface area (Å²) in [5.41, 5.74) is 0. The van der Waals surface area contributed by atoms with E-state index in [4.69, 9.17) is 30.1 Å². The number of nitrogens with zero attached hydrogens (tertiary/aromatic N) is 1. The molecule has 1 aliphatic rings. The number of carbonyl (C=O) groups excluding carboxylic acids is 3. The molecule has 0 aromatic heterocycles. The minimum absolute atomic E-state index is 0.110. The Bertz CT molecular complexity index is 641. The fraction of sp³-hybridized carbons (Fsp3) is 0.750. The van der Waals surface area contributed by atoms with Gasteiger partial charge in [-0.3, -0.25) is 14.4 Å². The third kappa shape index (κ3) is 9.09. The number of hydrogen-bond donors (Lipinski definition) is 1. The average molecular weight is 430 g/mol. The van der Waals surface area contributed by atoms with Gasteiger partial charge in [-0.15, -0.1) is 6.42 Å². The summed E-state index contributed by atoms with van der Waals surface area (Å²) in [7, 11) is 3.92. The number of esters is 3. The summed E-state index contributed by atoms with van der Waals surface area (Å²) < 4.78 is 27.2. The lowest BCUT2D eigenvalue weighted by atomic mass is 10.0. The molecule has 1 rings (SSSR count). The summed E-state index contributed by atoms with van der Waals surface area (Å²) in [5.74, 6) is 0.776. The number of rotatable bonds is 10. The van der Waals surface area contributed by atoms with E-state index in [2.05, 4.69) is 5.92 Å². The van der Waals surface area contributed by atoms with Crippen LogP contribution in [0.4, 0.5) is 0 Å². The Kier molecular flexibility index (Phi) is 10.2. The second kappa shape index (κ2) is 11.9. The molecule has 0 aliphatic carbocycles. The number of ether oxygens (including phenoxy) is 5. The maximum Gasteiger partial charge on any atom is 0.308 e. The Morgan fingerprint density at radius 2 is 1.80 bits per heavy atom. The predicted octanol–water partition coefficient (Wildman–Crippen LogP) is -0.0374. The summed E-state index contributed by atoms with van der Waals surface area (Å²) in [6, 6.07) is 0. The second-order valence-corrected chi connectivity index (χ2v) is 7.74. The van der Waals surface area contributed by atoms with Crippen LogP contribution in [0.3, 0.4) is 0 Å². The zero-order valence-electron chi connectivity index (χ0n) is 18.2. The minimum atomic E-state index is -1.28. The molecule has 0 bridgehead atoms. The molecule has 1 fully saturated rings. The number of carbonyl (C=O) groups is 3. The molecular weight excluding hydrogens is 398 g/mol. The second-order valence-electron chi connectivity index (χ2n) is 7.74. The highest BCUT2D eigenvalue weighted by atomic mass is 16.7. The number of hydrogen-bond acceptors (Lipinski definition) is 9. The largest absolute Gasteiger partial charge is 0.456 e. The molecular formula is C20H32NO9+. The lowest BCUT2D eigenvalue weighted by Crippen LogP contribution is -2.58. The maximum atomic E-state index is 12.3. The van der Waals surface area contributed by atoms with Crippen molar-refractivity contribution in [1.82, 2.24) is 0 Å². The van der Waals surface area contributed by atoms with Crippen LogP contribution in [-0.4, -0.2) is 92.2 Å². The van der Waals surface area contributed by atoms with E-state index in [0.717, 1.165) is 0 Å². The Morgan fingerprint density at radius 3 is 2.33 bits per heavy atom. The van der Waals surface area contributed by atoms with Gasteiger partial charge in [-0.1, -0.05) is 0 Å². The lowest BCUT2D eigenvalue weighted by Gasteiger charge is -2.40. The Hall–Kier alpha value is -2.19. The first-order valence-electron chi connectivity index (χ1n) is 9.69. The van der Waals surface area contributed by atoms with Crippen LogP contribution in [0.2, 0.25) is 0 Å². The van der Waals surface area contributed by atoms with Gasteiger partial charge in [0.2, 0.25) is 6.29 Å². The van der Waals surface area contributed by atoms with Crippen LogP contribution in [0.15, 0.2) is 0 Å². The summed E-state index contributed by atoms with van der Waals surface area (Å²) in [6.45, 7) is 4.74. The van der Waals surface area contributed by atoms with Crippen LogP contribution in [-0.2, 0) is 38.1 Å². The lowest BCUT2D eigenvalue weighted by molar-refractivity contribution is -0.883. The van der Waals surface area contributed by atoms with E-state index in [1.165, 1.54) is 20.8 Å². The van der Waals surface area contributed by atoms with Crippen molar-refractivity contribution in [2.45, 2.75) is 64.5 Å². The Balaban J connectivity index is 2.83. The Labute approximate surface area is 176 Å². The van der Waals surface area contributed by atoms with Gasteiger partial charge in [0.25, 0.3) is 0 Å². The van der Waals surface area contributed by atoms with E-state index in [0.29, 0.717) is 24.0 Å². The Morgan fingerprint density at radius 1 is 1.17 bits per heavy atom. The molecule has 0 saturated carbocycles. The monoisotopic (exact) mass is 430 g/mol. The van der Waals surface area contributed by atoms with Crippen molar-refractivity contribution in [3.8, 4) is 12.3 Å². The first-order chi connectivity index (χ1) is 13.9. The molecule has 0 aromatic carbocycles. The molecule has 170 valence electrons. The molecule has 10 heteroatoms. The SMILES string of the molecule is C#CC[N+](C)(C)CCCC(=O)OC1OC[C@H](OC(C)=O)[C@H](OC(C)=O)[C@H]1OC(C)O. The van der Waals surface area contributed by atoms with Gasteiger partial charge >= 0.3 is 17.9 Å². The highest BCUT2D eigenvalue weighted by molar-refractivity contribution is 5.69. The maximum absolute atomic E-state index is 12.3. The zero-order valence-corrected chi connectivity index (χ0v) is 18.2. The molecule has 0 aromatic rings.